The molecule has 0 saturated carbocycles. The molecule has 1 fully saturated rings. The van der Waals surface area contributed by atoms with E-state index in [9.17, 15) is 9.59 Å². The zero-order chi connectivity index (χ0) is 17.0. The van der Waals surface area contributed by atoms with Crippen LogP contribution in [0.3, 0.4) is 0 Å². The Hall–Kier alpha value is -1.89. The van der Waals surface area contributed by atoms with Gasteiger partial charge in [0.15, 0.2) is 5.17 Å². The summed E-state index contributed by atoms with van der Waals surface area (Å²) in [6.07, 6.45) is 6.58. The fraction of sp³-hybridized carbons (Fsp3) is 0.500. The molecular formula is C16H21N3O3S. The van der Waals surface area contributed by atoms with Crippen LogP contribution in [0.4, 0.5) is 0 Å². The van der Waals surface area contributed by atoms with Gasteiger partial charge in [0.2, 0.25) is 0 Å². The standard InChI is InChI=1S/C16H21N3O3S/c1-10-5-7-12(8-6-10)11(2)17-18-16-19(3)15(21)13(23-16)9-14(20)22-4/h5,9,12H,6-8H2,1-4H3/b13-9-,17-11+,18-16-/t12-/m0/s1. The van der Waals surface area contributed by atoms with E-state index in [1.54, 1.807) is 7.05 Å². The highest BCUT2D eigenvalue weighted by Crippen LogP contribution is 2.30. The summed E-state index contributed by atoms with van der Waals surface area (Å²) in [6.45, 7) is 4.11. The van der Waals surface area contributed by atoms with E-state index in [1.807, 2.05) is 6.92 Å². The minimum absolute atomic E-state index is 0.275. The molecule has 0 radical (unpaired) electrons. The number of nitrogens with zero attached hydrogens (tertiary/aromatic N) is 3. The molecule has 0 aromatic rings. The highest BCUT2D eigenvalue weighted by Gasteiger charge is 2.31. The first kappa shape index (κ1) is 17.5. The summed E-state index contributed by atoms with van der Waals surface area (Å²) >= 11 is 1.13. The number of allylic oxidation sites excluding steroid dienone is 2. The molecule has 0 spiro atoms. The maximum atomic E-state index is 12.0. The van der Waals surface area contributed by atoms with E-state index in [1.165, 1.54) is 23.7 Å². The number of hydrogen-bond donors (Lipinski definition) is 0. The van der Waals surface area contributed by atoms with Gasteiger partial charge in [-0.15, -0.1) is 5.10 Å². The van der Waals surface area contributed by atoms with Crippen molar-refractivity contribution in [2.75, 3.05) is 14.2 Å². The van der Waals surface area contributed by atoms with Crippen molar-refractivity contribution in [3.05, 3.63) is 22.6 Å². The maximum absolute atomic E-state index is 12.0. The lowest BCUT2D eigenvalue weighted by Gasteiger charge is -2.19. The van der Waals surface area contributed by atoms with Gasteiger partial charge in [0.25, 0.3) is 5.91 Å². The highest BCUT2D eigenvalue weighted by atomic mass is 32.2. The van der Waals surface area contributed by atoms with E-state index in [0.29, 0.717) is 16.0 Å². The second-order valence-electron chi connectivity index (χ2n) is 5.64. The summed E-state index contributed by atoms with van der Waals surface area (Å²) in [5, 5.41) is 8.95. The fourth-order valence-corrected chi connectivity index (χ4v) is 3.23. The molecule has 1 heterocycles. The van der Waals surface area contributed by atoms with Crippen LogP contribution in [-0.2, 0) is 14.3 Å². The van der Waals surface area contributed by atoms with Crippen LogP contribution >= 0.6 is 11.8 Å². The second kappa shape index (κ2) is 7.59. The van der Waals surface area contributed by atoms with Gasteiger partial charge in [-0.3, -0.25) is 9.69 Å². The molecule has 2 rings (SSSR count). The van der Waals surface area contributed by atoms with Crippen LogP contribution in [0.15, 0.2) is 32.8 Å². The number of likely N-dealkylation sites (N-methyl/N-ethyl adjacent to an activating group) is 1. The lowest BCUT2D eigenvalue weighted by molar-refractivity contribution is -0.135. The highest BCUT2D eigenvalue weighted by molar-refractivity contribution is 8.18. The summed E-state index contributed by atoms with van der Waals surface area (Å²) in [7, 11) is 2.89. The van der Waals surface area contributed by atoms with E-state index in [-0.39, 0.29) is 5.91 Å². The van der Waals surface area contributed by atoms with Crippen LogP contribution in [0, 0.1) is 5.92 Å². The summed E-state index contributed by atoms with van der Waals surface area (Å²) in [6, 6.07) is 0. The zero-order valence-electron chi connectivity index (χ0n) is 13.8. The number of methoxy groups -OCH3 is 1. The van der Waals surface area contributed by atoms with Crippen molar-refractivity contribution in [1.29, 1.82) is 0 Å². The van der Waals surface area contributed by atoms with Crippen LogP contribution in [0.2, 0.25) is 0 Å². The van der Waals surface area contributed by atoms with Crippen molar-refractivity contribution in [3.63, 3.8) is 0 Å². The van der Waals surface area contributed by atoms with Crippen molar-refractivity contribution in [3.8, 4) is 0 Å². The van der Waals surface area contributed by atoms with Crippen molar-refractivity contribution < 1.29 is 14.3 Å². The topological polar surface area (TPSA) is 71.3 Å². The van der Waals surface area contributed by atoms with Gasteiger partial charge < -0.3 is 4.74 Å². The van der Waals surface area contributed by atoms with Crippen LogP contribution in [0.5, 0.6) is 0 Å². The van der Waals surface area contributed by atoms with Gasteiger partial charge in [0.1, 0.15) is 0 Å². The van der Waals surface area contributed by atoms with Gasteiger partial charge in [-0.1, -0.05) is 11.6 Å². The number of amidine groups is 1. The lowest BCUT2D eigenvalue weighted by atomic mass is 9.87. The Bertz CT molecular complexity index is 634. The van der Waals surface area contributed by atoms with Gasteiger partial charge in [-0.05, 0) is 44.9 Å². The molecule has 1 atom stereocenters. The van der Waals surface area contributed by atoms with Gasteiger partial charge in [-0.25, -0.2) is 4.79 Å². The van der Waals surface area contributed by atoms with E-state index >= 15 is 0 Å². The number of esters is 1. The summed E-state index contributed by atoms with van der Waals surface area (Å²) in [5.74, 6) is -0.427. The van der Waals surface area contributed by atoms with Crippen molar-refractivity contribution >= 4 is 34.5 Å². The molecule has 124 valence electrons. The third-order valence-corrected chi connectivity index (χ3v) is 5.03. The van der Waals surface area contributed by atoms with E-state index in [2.05, 4.69) is 27.9 Å². The third-order valence-electron chi connectivity index (χ3n) is 3.98. The molecule has 23 heavy (non-hydrogen) atoms. The fourth-order valence-electron chi connectivity index (χ4n) is 2.36. The maximum Gasteiger partial charge on any atom is 0.331 e. The number of amides is 1. The number of hydrogen-bond acceptors (Lipinski definition) is 6. The van der Waals surface area contributed by atoms with E-state index in [4.69, 9.17) is 0 Å². The second-order valence-corrected chi connectivity index (χ2v) is 6.65. The minimum Gasteiger partial charge on any atom is -0.466 e. The Kier molecular flexibility index (Phi) is 5.76. The van der Waals surface area contributed by atoms with Crippen molar-refractivity contribution in [1.82, 2.24) is 4.90 Å². The van der Waals surface area contributed by atoms with Crippen LogP contribution in [0.1, 0.15) is 33.1 Å². The number of thioether (sulfide) groups is 1. The molecule has 0 aromatic heterocycles. The Morgan fingerprint density at radius 1 is 1.52 bits per heavy atom. The lowest BCUT2D eigenvalue weighted by Crippen LogP contribution is -2.24. The smallest absolute Gasteiger partial charge is 0.331 e. The SMILES string of the molecule is COC(=O)/C=C1\S/C(=N\N=C(/C)[C@H]2CC=C(C)CC2)N(C)C1=O. The summed E-state index contributed by atoms with van der Waals surface area (Å²) in [5.41, 5.74) is 2.39. The predicted molar refractivity (Wildman–Crippen MR) is 92.1 cm³/mol. The Morgan fingerprint density at radius 3 is 2.87 bits per heavy atom. The average molecular weight is 335 g/mol. The molecule has 0 unspecified atom stereocenters. The quantitative estimate of drug-likeness (QED) is 0.261. The molecule has 0 bridgehead atoms. The molecule has 0 N–H and O–H groups in total. The molecular weight excluding hydrogens is 314 g/mol. The molecule has 1 saturated heterocycles. The Balaban J connectivity index is 2.10. The van der Waals surface area contributed by atoms with Crippen LogP contribution < -0.4 is 0 Å². The largest absolute Gasteiger partial charge is 0.466 e. The van der Waals surface area contributed by atoms with Gasteiger partial charge in [-0.2, -0.15) is 5.10 Å². The number of rotatable bonds is 3. The Morgan fingerprint density at radius 2 is 2.26 bits per heavy atom. The normalized spacial score (nSPS) is 26.0. The predicted octanol–water partition coefficient (Wildman–Crippen LogP) is 2.73. The first-order valence-corrected chi connectivity index (χ1v) is 8.27. The van der Waals surface area contributed by atoms with E-state index < -0.39 is 5.97 Å². The number of carbonyl (C=O) groups is 2. The molecule has 0 aromatic carbocycles. The third kappa shape index (κ3) is 4.31. The molecule has 6 nitrogen and oxygen atoms in total. The van der Waals surface area contributed by atoms with Crippen LogP contribution in [0.25, 0.3) is 0 Å². The molecule has 2 aliphatic rings. The van der Waals surface area contributed by atoms with Gasteiger partial charge >= 0.3 is 5.97 Å². The monoisotopic (exact) mass is 335 g/mol. The molecule has 1 amide bonds. The molecule has 1 aliphatic heterocycles. The summed E-state index contributed by atoms with van der Waals surface area (Å²) < 4.78 is 4.54. The number of carbonyl (C=O) groups excluding carboxylic acids is 2. The minimum atomic E-state index is -0.556. The van der Waals surface area contributed by atoms with Crippen LogP contribution in [-0.4, -0.2) is 41.8 Å². The first-order chi connectivity index (χ1) is 10.9. The number of ether oxygens (including phenoxy) is 1. The van der Waals surface area contributed by atoms with E-state index in [0.717, 1.165) is 36.7 Å². The first-order valence-electron chi connectivity index (χ1n) is 7.45. The zero-order valence-corrected chi connectivity index (χ0v) is 14.6. The molecule has 7 heteroatoms. The Labute approximate surface area is 140 Å². The van der Waals surface area contributed by atoms with Gasteiger partial charge in [0.05, 0.1) is 12.0 Å². The van der Waals surface area contributed by atoms with Crippen molar-refractivity contribution in [2.45, 2.75) is 33.1 Å². The molecule has 1 aliphatic carbocycles. The van der Waals surface area contributed by atoms with Crippen molar-refractivity contribution in [2.24, 2.45) is 16.1 Å². The average Bonchev–Trinajstić information content (AvgIpc) is 2.81. The summed E-state index contributed by atoms with van der Waals surface area (Å²) in [4.78, 5) is 25.0. The van der Waals surface area contributed by atoms with Gasteiger partial charge in [0, 0.05) is 24.8 Å².